The molecule has 0 unspecified atom stereocenters. The van der Waals surface area contributed by atoms with Crippen molar-refractivity contribution in [2.75, 3.05) is 24.2 Å². The summed E-state index contributed by atoms with van der Waals surface area (Å²) in [6.07, 6.45) is 1.40. The number of carbonyl (C=O) groups is 3. The molecule has 8 nitrogen and oxygen atoms in total. The second kappa shape index (κ2) is 5.54. The maximum Gasteiger partial charge on any atom is 0.321 e. The molecule has 1 aliphatic rings. The molecule has 2 heterocycles. The fourth-order valence-corrected chi connectivity index (χ4v) is 2.07. The van der Waals surface area contributed by atoms with Crippen molar-refractivity contribution in [3.63, 3.8) is 0 Å². The van der Waals surface area contributed by atoms with Gasteiger partial charge in [0, 0.05) is 19.2 Å². The van der Waals surface area contributed by atoms with Gasteiger partial charge in [-0.15, -0.1) is 0 Å². The summed E-state index contributed by atoms with van der Waals surface area (Å²) in [4.78, 5) is 34.9. The van der Waals surface area contributed by atoms with Gasteiger partial charge in [-0.05, 0) is 0 Å². The van der Waals surface area contributed by atoms with Crippen molar-refractivity contribution in [2.45, 2.75) is 0 Å². The van der Waals surface area contributed by atoms with Gasteiger partial charge in [-0.3, -0.25) is 19.8 Å². The van der Waals surface area contributed by atoms with E-state index in [0.29, 0.717) is 0 Å². The van der Waals surface area contributed by atoms with Crippen LogP contribution in [0.2, 0.25) is 0 Å². The standard InChI is InChI=1S/C9H10N4O4S/c14-7-5-18-9(16)13(7)4-3-10-8(15)12-6-1-2-11-17-6/h1-2H,3-5H2,(H2,10,12,15). The molecule has 2 rings (SSSR count). The first kappa shape index (κ1) is 12.4. The van der Waals surface area contributed by atoms with Gasteiger partial charge < -0.3 is 9.84 Å². The molecule has 0 radical (unpaired) electrons. The number of rotatable bonds is 4. The summed E-state index contributed by atoms with van der Waals surface area (Å²) in [5.74, 6) is 0.155. The molecule has 1 fully saturated rings. The van der Waals surface area contributed by atoms with Gasteiger partial charge in [-0.25, -0.2) is 4.79 Å². The minimum atomic E-state index is -0.488. The summed E-state index contributed by atoms with van der Waals surface area (Å²) in [5.41, 5.74) is 0. The van der Waals surface area contributed by atoms with E-state index in [1.807, 2.05) is 0 Å². The number of amides is 4. The number of nitrogens with one attached hydrogen (secondary N) is 2. The minimum Gasteiger partial charge on any atom is -0.338 e. The van der Waals surface area contributed by atoms with Crippen LogP contribution in [0.1, 0.15) is 0 Å². The zero-order valence-electron chi connectivity index (χ0n) is 9.21. The lowest BCUT2D eigenvalue weighted by atomic mass is 10.5. The first-order chi connectivity index (χ1) is 8.66. The first-order valence-corrected chi connectivity index (χ1v) is 6.08. The van der Waals surface area contributed by atoms with Gasteiger partial charge in [-0.1, -0.05) is 16.9 Å². The Bertz CT molecular complexity index is 445. The number of thioether (sulfide) groups is 1. The van der Waals surface area contributed by atoms with E-state index >= 15 is 0 Å². The van der Waals surface area contributed by atoms with Crippen LogP contribution in [-0.2, 0) is 4.79 Å². The Balaban J connectivity index is 1.70. The second-order valence-corrected chi connectivity index (χ2v) is 4.28. The van der Waals surface area contributed by atoms with E-state index in [1.54, 1.807) is 0 Å². The van der Waals surface area contributed by atoms with Crippen molar-refractivity contribution in [1.29, 1.82) is 0 Å². The van der Waals surface area contributed by atoms with E-state index in [2.05, 4.69) is 20.3 Å². The fourth-order valence-electron chi connectivity index (χ4n) is 1.31. The molecule has 0 spiro atoms. The van der Waals surface area contributed by atoms with E-state index < -0.39 is 6.03 Å². The van der Waals surface area contributed by atoms with Crippen molar-refractivity contribution in [2.24, 2.45) is 0 Å². The highest BCUT2D eigenvalue weighted by Gasteiger charge is 2.29. The summed E-state index contributed by atoms with van der Waals surface area (Å²) in [5, 5.41) is 8.03. The highest BCUT2D eigenvalue weighted by molar-refractivity contribution is 8.14. The fraction of sp³-hybridized carbons (Fsp3) is 0.333. The van der Waals surface area contributed by atoms with Crippen LogP contribution >= 0.6 is 11.8 Å². The van der Waals surface area contributed by atoms with Gasteiger partial charge in [0.1, 0.15) is 0 Å². The summed E-state index contributed by atoms with van der Waals surface area (Å²) in [6.45, 7) is 0.340. The number of urea groups is 1. The molecular formula is C9H10N4O4S. The van der Waals surface area contributed by atoms with E-state index in [4.69, 9.17) is 0 Å². The lowest BCUT2D eigenvalue weighted by molar-refractivity contribution is -0.124. The van der Waals surface area contributed by atoms with Crippen LogP contribution in [0, 0.1) is 0 Å². The molecule has 4 amide bonds. The summed E-state index contributed by atoms with van der Waals surface area (Å²) in [6, 6.07) is 1.00. The zero-order chi connectivity index (χ0) is 13.0. The van der Waals surface area contributed by atoms with E-state index in [0.717, 1.165) is 16.7 Å². The van der Waals surface area contributed by atoms with Gasteiger partial charge in [0.25, 0.3) is 5.24 Å². The van der Waals surface area contributed by atoms with Gasteiger partial charge in [0.05, 0.1) is 11.9 Å². The number of carbonyl (C=O) groups excluding carboxylic acids is 3. The van der Waals surface area contributed by atoms with Gasteiger partial charge in [-0.2, -0.15) is 0 Å². The van der Waals surface area contributed by atoms with Crippen molar-refractivity contribution in [3.8, 4) is 0 Å². The normalized spacial score (nSPS) is 15.0. The van der Waals surface area contributed by atoms with Crippen molar-refractivity contribution >= 4 is 34.8 Å². The molecule has 1 aromatic rings. The largest absolute Gasteiger partial charge is 0.338 e. The molecule has 0 aliphatic carbocycles. The number of aromatic nitrogens is 1. The van der Waals surface area contributed by atoms with Gasteiger partial charge in [0.15, 0.2) is 0 Å². The zero-order valence-corrected chi connectivity index (χ0v) is 10.0. The molecule has 0 bridgehead atoms. The highest BCUT2D eigenvalue weighted by Crippen LogP contribution is 2.17. The van der Waals surface area contributed by atoms with Gasteiger partial charge >= 0.3 is 6.03 Å². The smallest absolute Gasteiger partial charge is 0.321 e. The van der Waals surface area contributed by atoms with Crippen molar-refractivity contribution < 1.29 is 18.9 Å². The molecule has 0 aromatic carbocycles. The Morgan fingerprint density at radius 3 is 3.00 bits per heavy atom. The monoisotopic (exact) mass is 270 g/mol. The summed E-state index contributed by atoms with van der Waals surface area (Å²) < 4.78 is 4.67. The van der Waals surface area contributed by atoms with Crippen LogP contribution in [0.3, 0.4) is 0 Å². The molecule has 1 aromatic heterocycles. The molecule has 9 heteroatoms. The third kappa shape index (κ3) is 3.00. The first-order valence-electron chi connectivity index (χ1n) is 5.09. The number of hydrogen-bond acceptors (Lipinski definition) is 6. The molecule has 18 heavy (non-hydrogen) atoms. The number of imide groups is 1. The van der Waals surface area contributed by atoms with E-state index in [-0.39, 0.29) is 35.9 Å². The predicted molar refractivity (Wildman–Crippen MR) is 63.1 cm³/mol. The summed E-state index contributed by atoms with van der Waals surface area (Å²) in [7, 11) is 0. The quantitative estimate of drug-likeness (QED) is 0.825. The van der Waals surface area contributed by atoms with Crippen molar-refractivity contribution in [1.82, 2.24) is 15.4 Å². The topological polar surface area (TPSA) is 105 Å². The Morgan fingerprint density at radius 2 is 2.39 bits per heavy atom. The SMILES string of the molecule is O=C(NCCN1C(=O)CSC1=O)Nc1ccno1. The molecule has 0 atom stereocenters. The van der Waals surface area contributed by atoms with E-state index in [1.165, 1.54) is 12.3 Å². The van der Waals surface area contributed by atoms with Crippen LogP contribution in [0.4, 0.5) is 15.5 Å². The highest BCUT2D eigenvalue weighted by atomic mass is 32.2. The summed E-state index contributed by atoms with van der Waals surface area (Å²) >= 11 is 0.962. The van der Waals surface area contributed by atoms with Crippen LogP contribution in [0.5, 0.6) is 0 Å². The van der Waals surface area contributed by atoms with Gasteiger partial charge in [0.2, 0.25) is 11.8 Å². The van der Waals surface area contributed by atoms with Crippen LogP contribution < -0.4 is 10.6 Å². The molecule has 1 aliphatic heterocycles. The predicted octanol–water partition coefficient (Wildman–Crippen LogP) is 0.491. The number of nitrogens with zero attached hydrogens (tertiary/aromatic N) is 2. The molecule has 2 N–H and O–H groups in total. The third-order valence-corrected chi connectivity index (χ3v) is 2.99. The molecule has 0 saturated carbocycles. The lowest BCUT2D eigenvalue weighted by Crippen LogP contribution is -2.38. The number of hydrogen-bond donors (Lipinski definition) is 2. The van der Waals surface area contributed by atoms with Crippen LogP contribution in [-0.4, -0.2) is 46.1 Å². The molecule has 1 saturated heterocycles. The second-order valence-electron chi connectivity index (χ2n) is 3.36. The lowest BCUT2D eigenvalue weighted by Gasteiger charge is -2.12. The van der Waals surface area contributed by atoms with E-state index in [9.17, 15) is 14.4 Å². The Kier molecular flexibility index (Phi) is 3.82. The maximum absolute atomic E-state index is 11.3. The third-order valence-electron chi connectivity index (χ3n) is 2.14. The minimum absolute atomic E-state index is 0.161. The average molecular weight is 270 g/mol. The Morgan fingerprint density at radius 1 is 1.56 bits per heavy atom. The number of anilines is 1. The molecule has 96 valence electrons. The van der Waals surface area contributed by atoms with Crippen LogP contribution in [0.15, 0.2) is 16.8 Å². The Labute approximate surface area is 106 Å². The molecular weight excluding hydrogens is 260 g/mol. The maximum atomic E-state index is 11.3. The van der Waals surface area contributed by atoms with Crippen LogP contribution in [0.25, 0.3) is 0 Å². The van der Waals surface area contributed by atoms with Crippen molar-refractivity contribution in [3.05, 3.63) is 12.3 Å². The Hall–Kier alpha value is -2.03. The average Bonchev–Trinajstić information content (AvgIpc) is 2.93.